The van der Waals surface area contributed by atoms with Gasteiger partial charge in [0.15, 0.2) is 11.5 Å². The number of hydrogen-bond acceptors (Lipinski definition) is 6. The van der Waals surface area contributed by atoms with Crippen LogP contribution in [0.1, 0.15) is 51.5 Å². The summed E-state index contributed by atoms with van der Waals surface area (Å²) in [7, 11) is 1.64. The van der Waals surface area contributed by atoms with E-state index in [1.807, 2.05) is 42.5 Å². The van der Waals surface area contributed by atoms with Crippen molar-refractivity contribution in [2.75, 3.05) is 19.0 Å². The largest absolute Gasteiger partial charge is 0.493 e. The van der Waals surface area contributed by atoms with Crippen molar-refractivity contribution in [1.29, 1.82) is 0 Å². The van der Waals surface area contributed by atoms with E-state index in [0.29, 0.717) is 17.3 Å². The van der Waals surface area contributed by atoms with Crippen molar-refractivity contribution < 1.29 is 19.4 Å². The SMILES string of the molecule is C.C#Cc1cccc(Nc2nccc3cc(OC)c(OC4CCCC(C(=O)CCO)CC4)cc23)c1. The number of fused-ring (bicyclic) bond motifs is 1. The Balaban J connectivity index is 0.00000342. The molecule has 2 atom stereocenters. The molecule has 1 aromatic heterocycles. The van der Waals surface area contributed by atoms with Crippen molar-refractivity contribution in [3.05, 3.63) is 54.2 Å². The third-order valence-corrected chi connectivity index (χ3v) is 6.36. The molecule has 0 spiro atoms. The van der Waals surface area contributed by atoms with E-state index in [1.165, 1.54) is 0 Å². The first-order valence-electron chi connectivity index (χ1n) is 11.7. The second-order valence-electron chi connectivity index (χ2n) is 8.62. The van der Waals surface area contributed by atoms with E-state index in [1.54, 1.807) is 13.3 Å². The number of terminal acetylenes is 1. The van der Waals surface area contributed by atoms with Crippen molar-refractivity contribution in [1.82, 2.24) is 4.98 Å². The molecule has 6 heteroatoms. The number of aliphatic hydroxyl groups is 1. The minimum atomic E-state index is -0.0824. The highest BCUT2D eigenvalue weighted by molar-refractivity contribution is 5.95. The van der Waals surface area contributed by atoms with Crippen molar-refractivity contribution in [2.24, 2.45) is 5.92 Å². The van der Waals surface area contributed by atoms with Gasteiger partial charge in [0.2, 0.25) is 0 Å². The zero-order valence-corrected chi connectivity index (χ0v) is 19.4. The van der Waals surface area contributed by atoms with Gasteiger partial charge in [0.05, 0.1) is 13.2 Å². The zero-order valence-electron chi connectivity index (χ0n) is 19.4. The van der Waals surface area contributed by atoms with Crippen LogP contribution in [0.3, 0.4) is 0 Å². The normalized spacial score (nSPS) is 17.5. The number of anilines is 2. The Morgan fingerprint density at radius 3 is 2.80 bits per heavy atom. The van der Waals surface area contributed by atoms with Gasteiger partial charge in [-0.2, -0.15) is 0 Å². The summed E-state index contributed by atoms with van der Waals surface area (Å²) in [5.41, 5.74) is 1.65. The van der Waals surface area contributed by atoms with Gasteiger partial charge < -0.3 is 19.9 Å². The van der Waals surface area contributed by atoms with E-state index >= 15 is 0 Å². The summed E-state index contributed by atoms with van der Waals surface area (Å²) >= 11 is 0. The number of Topliss-reactive ketones (excluding diaryl/α,β-unsaturated/α-hetero) is 1. The predicted octanol–water partition coefficient (Wildman–Crippen LogP) is 5.88. The van der Waals surface area contributed by atoms with Crippen LogP contribution < -0.4 is 14.8 Å². The van der Waals surface area contributed by atoms with Gasteiger partial charge in [-0.05, 0) is 73.9 Å². The number of rotatable bonds is 8. The van der Waals surface area contributed by atoms with Crippen LogP contribution >= 0.6 is 0 Å². The lowest BCUT2D eigenvalue weighted by Gasteiger charge is -2.20. The first-order valence-corrected chi connectivity index (χ1v) is 11.7. The number of ketones is 1. The number of benzene rings is 2. The summed E-state index contributed by atoms with van der Waals surface area (Å²) in [6, 6.07) is 13.5. The quantitative estimate of drug-likeness (QED) is 0.313. The van der Waals surface area contributed by atoms with Gasteiger partial charge in [0.1, 0.15) is 11.6 Å². The summed E-state index contributed by atoms with van der Waals surface area (Å²) in [4.78, 5) is 16.8. The topological polar surface area (TPSA) is 80.7 Å². The van der Waals surface area contributed by atoms with Crippen LogP contribution in [0, 0.1) is 18.3 Å². The number of nitrogens with zero attached hydrogens (tertiary/aromatic N) is 1. The van der Waals surface area contributed by atoms with Gasteiger partial charge in [-0.15, -0.1) is 6.42 Å². The molecule has 6 nitrogen and oxygen atoms in total. The molecule has 1 heterocycles. The van der Waals surface area contributed by atoms with Crippen LogP contribution in [-0.4, -0.2) is 35.7 Å². The molecule has 35 heavy (non-hydrogen) atoms. The fourth-order valence-electron chi connectivity index (χ4n) is 4.56. The number of aromatic nitrogens is 1. The van der Waals surface area contributed by atoms with Gasteiger partial charge in [-0.3, -0.25) is 4.79 Å². The Morgan fingerprint density at radius 1 is 1.17 bits per heavy atom. The number of ether oxygens (including phenoxy) is 2. The van der Waals surface area contributed by atoms with Crippen molar-refractivity contribution in [3.8, 4) is 23.8 Å². The Labute approximate surface area is 207 Å². The summed E-state index contributed by atoms with van der Waals surface area (Å²) in [6.07, 6.45) is 11.7. The third-order valence-electron chi connectivity index (χ3n) is 6.36. The summed E-state index contributed by atoms with van der Waals surface area (Å²) in [5.74, 6) is 4.85. The number of methoxy groups -OCH3 is 1. The highest BCUT2D eigenvalue weighted by Crippen LogP contribution is 2.38. The average Bonchev–Trinajstić information content (AvgIpc) is 3.10. The molecule has 0 amide bonds. The first-order chi connectivity index (χ1) is 16.6. The molecule has 3 aromatic rings. The van der Waals surface area contributed by atoms with Crippen LogP contribution in [0.2, 0.25) is 0 Å². The summed E-state index contributed by atoms with van der Waals surface area (Å²) in [5, 5.41) is 14.3. The molecular formula is C29H34N2O4. The van der Waals surface area contributed by atoms with Crippen molar-refractivity contribution in [2.45, 2.75) is 52.1 Å². The molecule has 0 saturated heterocycles. The highest BCUT2D eigenvalue weighted by Gasteiger charge is 2.25. The second kappa shape index (κ2) is 12.2. The van der Waals surface area contributed by atoms with Gasteiger partial charge in [-0.1, -0.05) is 19.4 Å². The summed E-state index contributed by atoms with van der Waals surface area (Å²) < 4.78 is 12.1. The minimum absolute atomic E-state index is 0. The van der Waals surface area contributed by atoms with Crippen molar-refractivity contribution >= 4 is 28.1 Å². The van der Waals surface area contributed by atoms with E-state index in [2.05, 4.69) is 16.2 Å². The molecule has 2 N–H and O–H groups in total. The standard InChI is InChI=1S/C28H30N2O4.CH4/c1-3-19-6-4-8-22(16-19)30-28-24-18-27(26(33-2)17-21(24)12-14-29-28)34-23-9-5-7-20(10-11-23)25(32)13-15-31;/h1,4,6,8,12,14,16-18,20,23,31H,5,7,9-11,13,15H2,2H3,(H,29,30);1H4. The lowest BCUT2D eigenvalue weighted by atomic mass is 9.94. The molecule has 1 aliphatic carbocycles. The molecule has 4 rings (SSSR count). The average molecular weight is 475 g/mol. The van der Waals surface area contributed by atoms with Gasteiger partial charge >= 0.3 is 0 Å². The van der Waals surface area contributed by atoms with E-state index in [-0.39, 0.29) is 38.3 Å². The number of pyridine rings is 1. The number of carbonyl (C=O) groups excluding carboxylic acids is 1. The van der Waals surface area contributed by atoms with Gasteiger partial charge in [0, 0.05) is 41.8 Å². The third kappa shape index (κ3) is 6.32. The minimum Gasteiger partial charge on any atom is -0.493 e. The molecule has 184 valence electrons. The lowest BCUT2D eigenvalue weighted by Crippen LogP contribution is -2.18. The molecule has 1 saturated carbocycles. The van der Waals surface area contributed by atoms with E-state index in [9.17, 15) is 4.79 Å². The molecule has 0 aliphatic heterocycles. The predicted molar refractivity (Wildman–Crippen MR) is 140 cm³/mol. The van der Waals surface area contributed by atoms with E-state index in [0.717, 1.165) is 54.1 Å². The van der Waals surface area contributed by atoms with E-state index in [4.69, 9.17) is 21.0 Å². The molecule has 2 unspecified atom stereocenters. The van der Waals surface area contributed by atoms with E-state index < -0.39 is 0 Å². The maximum atomic E-state index is 12.2. The van der Waals surface area contributed by atoms with Crippen molar-refractivity contribution in [3.63, 3.8) is 0 Å². The Kier molecular flexibility index (Phi) is 9.11. The smallest absolute Gasteiger partial charge is 0.162 e. The number of aliphatic hydroxyl groups excluding tert-OH is 1. The molecular weight excluding hydrogens is 440 g/mol. The Morgan fingerprint density at radius 2 is 2.03 bits per heavy atom. The maximum absolute atomic E-state index is 12.2. The zero-order chi connectivity index (χ0) is 23.9. The maximum Gasteiger partial charge on any atom is 0.162 e. The Hall–Kier alpha value is -3.56. The van der Waals surface area contributed by atoms with Crippen LogP contribution in [0.15, 0.2) is 48.7 Å². The number of carbonyl (C=O) groups is 1. The van der Waals surface area contributed by atoms with Crippen LogP contribution in [-0.2, 0) is 4.79 Å². The molecule has 1 aliphatic rings. The first kappa shape index (κ1) is 26.1. The second-order valence-corrected chi connectivity index (χ2v) is 8.62. The van der Waals surface area contributed by atoms with Crippen LogP contribution in [0.4, 0.5) is 11.5 Å². The highest BCUT2D eigenvalue weighted by atomic mass is 16.5. The monoisotopic (exact) mass is 474 g/mol. The Bertz CT molecular complexity index is 1200. The fourth-order valence-corrected chi connectivity index (χ4v) is 4.56. The van der Waals surface area contributed by atoms with Gasteiger partial charge in [-0.25, -0.2) is 4.98 Å². The van der Waals surface area contributed by atoms with Crippen LogP contribution in [0.5, 0.6) is 11.5 Å². The molecule has 2 aromatic carbocycles. The van der Waals surface area contributed by atoms with Crippen LogP contribution in [0.25, 0.3) is 10.8 Å². The summed E-state index contributed by atoms with van der Waals surface area (Å²) in [6.45, 7) is -0.0824. The molecule has 1 fully saturated rings. The molecule has 0 radical (unpaired) electrons. The number of hydrogen-bond donors (Lipinski definition) is 2. The molecule has 0 bridgehead atoms. The van der Waals surface area contributed by atoms with Gasteiger partial charge in [0.25, 0.3) is 0 Å². The lowest BCUT2D eigenvalue weighted by molar-refractivity contribution is -0.123. The fraction of sp³-hybridized carbons (Fsp3) is 0.379. The number of nitrogens with one attached hydrogen (secondary N) is 1.